The van der Waals surface area contributed by atoms with Gasteiger partial charge in [0, 0.05) is 32.0 Å². The summed E-state index contributed by atoms with van der Waals surface area (Å²) in [5.41, 5.74) is -0.306. The number of para-hydroxylation sites is 1. The fraction of sp³-hybridized carbons (Fsp3) is 0.304. The molecule has 170 valence electrons. The Morgan fingerprint density at radius 2 is 1.91 bits per heavy atom. The summed E-state index contributed by atoms with van der Waals surface area (Å²) in [6.07, 6.45) is 1.21. The Labute approximate surface area is 184 Å². The van der Waals surface area contributed by atoms with E-state index in [4.69, 9.17) is 4.74 Å². The number of carbonyl (C=O) groups is 1. The van der Waals surface area contributed by atoms with Crippen LogP contribution in [-0.2, 0) is 19.3 Å². The Morgan fingerprint density at radius 1 is 1.16 bits per heavy atom. The van der Waals surface area contributed by atoms with Gasteiger partial charge in [0.1, 0.15) is 5.75 Å². The molecule has 1 heterocycles. The molecule has 1 aromatic heterocycles. The number of rotatable bonds is 9. The first-order valence-electron chi connectivity index (χ1n) is 10.3. The number of urea groups is 1. The summed E-state index contributed by atoms with van der Waals surface area (Å²) in [5.74, 6) is 0.714. The first kappa shape index (κ1) is 23.2. The average Bonchev–Trinajstić information content (AvgIpc) is 3.27. The Kier molecular flexibility index (Phi) is 7.75. The van der Waals surface area contributed by atoms with Crippen molar-refractivity contribution in [2.75, 3.05) is 18.5 Å². The predicted octanol–water partition coefficient (Wildman–Crippen LogP) is 5.43. The second-order valence-corrected chi connectivity index (χ2v) is 7.13. The van der Waals surface area contributed by atoms with Crippen molar-refractivity contribution in [1.82, 2.24) is 14.5 Å². The molecule has 0 spiro atoms. The second kappa shape index (κ2) is 10.7. The largest absolute Gasteiger partial charge is 0.494 e. The van der Waals surface area contributed by atoms with E-state index in [-0.39, 0.29) is 12.2 Å². The predicted molar refractivity (Wildman–Crippen MR) is 115 cm³/mol. The maximum absolute atomic E-state index is 13.3. The van der Waals surface area contributed by atoms with Gasteiger partial charge in [-0.1, -0.05) is 24.3 Å². The number of aromatic nitrogens is 2. The number of ether oxygens (including phenoxy) is 1. The summed E-state index contributed by atoms with van der Waals surface area (Å²) in [6, 6.07) is 11.6. The van der Waals surface area contributed by atoms with Gasteiger partial charge in [0.05, 0.1) is 24.2 Å². The molecular weight excluding hydrogens is 421 g/mol. The molecule has 0 aliphatic heterocycles. The molecule has 0 aliphatic carbocycles. The van der Waals surface area contributed by atoms with Crippen LogP contribution in [0.5, 0.6) is 5.75 Å². The highest BCUT2D eigenvalue weighted by Gasteiger charge is 2.33. The number of nitrogens with zero attached hydrogens (tertiary/aromatic N) is 3. The molecule has 2 amide bonds. The highest BCUT2D eigenvalue weighted by molar-refractivity contribution is 5.90. The minimum absolute atomic E-state index is 0.246. The lowest BCUT2D eigenvalue weighted by Crippen LogP contribution is -2.36. The number of hydrogen-bond donors (Lipinski definition) is 1. The number of anilines is 1. The number of alkyl halides is 3. The molecule has 2 aromatic carbocycles. The fourth-order valence-electron chi connectivity index (χ4n) is 3.23. The molecule has 6 nitrogen and oxygen atoms in total. The van der Waals surface area contributed by atoms with Gasteiger partial charge >= 0.3 is 12.2 Å². The number of carbonyl (C=O) groups excluding carboxylic acids is 1. The van der Waals surface area contributed by atoms with Gasteiger partial charge in [-0.2, -0.15) is 13.2 Å². The summed E-state index contributed by atoms with van der Waals surface area (Å²) in [4.78, 5) is 18.4. The van der Waals surface area contributed by atoms with Crippen molar-refractivity contribution in [3.63, 3.8) is 0 Å². The Balaban J connectivity index is 1.74. The van der Waals surface area contributed by atoms with Crippen molar-refractivity contribution in [1.29, 1.82) is 0 Å². The van der Waals surface area contributed by atoms with Gasteiger partial charge in [0.15, 0.2) is 0 Å². The minimum Gasteiger partial charge on any atom is -0.494 e. The number of imidazole rings is 1. The highest BCUT2D eigenvalue weighted by atomic mass is 19.4. The zero-order chi connectivity index (χ0) is 23.0. The third-order valence-electron chi connectivity index (χ3n) is 4.77. The molecule has 1 N–H and O–H groups in total. The molecule has 32 heavy (non-hydrogen) atoms. The van der Waals surface area contributed by atoms with E-state index < -0.39 is 17.8 Å². The third-order valence-corrected chi connectivity index (χ3v) is 4.77. The van der Waals surface area contributed by atoms with Crippen molar-refractivity contribution in [3.05, 3.63) is 78.4 Å². The lowest BCUT2D eigenvalue weighted by molar-refractivity contribution is -0.136. The molecule has 0 saturated carbocycles. The molecule has 0 atom stereocenters. The van der Waals surface area contributed by atoms with Crippen LogP contribution in [0, 0.1) is 0 Å². The molecule has 0 aliphatic rings. The van der Waals surface area contributed by atoms with Crippen LogP contribution in [0.15, 0.2) is 67.3 Å². The molecule has 3 aromatic rings. The van der Waals surface area contributed by atoms with Gasteiger partial charge in [-0.3, -0.25) is 0 Å². The highest BCUT2D eigenvalue weighted by Crippen LogP contribution is 2.34. The van der Waals surface area contributed by atoms with Gasteiger partial charge < -0.3 is 19.5 Å². The standard InChI is InChI=1S/C23H25F3N4O2/c1-2-32-19-10-8-18(9-11-19)16-30(14-5-13-29-15-12-27-17-29)22(31)28-21-7-4-3-6-20(21)23(24,25)26/h3-4,6-12,15,17H,2,5,13-14,16H2,1H3,(H,28,31). The topological polar surface area (TPSA) is 59.4 Å². The summed E-state index contributed by atoms with van der Waals surface area (Å²) in [5, 5.41) is 2.44. The summed E-state index contributed by atoms with van der Waals surface area (Å²) >= 11 is 0. The molecule has 0 bridgehead atoms. The normalized spacial score (nSPS) is 11.2. The van der Waals surface area contributed by atoms with Crippen LogP contribution >= 0.6 is 0 Å². The van der Waals surface area contributed by atoms with E-state index in [1.807, 2.05) is 29.8 Å². The van der Waals surface area contributed by atoms with Crippen LogP contribution in [-0.4, -0.2) is 33.6 Å². The molecule has 3 rings (SSSR count). The fourth-order valence-corrected chi connectivity index (χ4v) is 3.23. The molecule has 0 radical (unpaired) electrons. The quantitative estimate of drug-likeness (QED) is 0.477. The Hall–Kier alpha value is -3.49. The first-order valence-corrected chi connectivity index (χ1v) is 10.3. The zero-order valence-electron chi connectivity index (χ0n) is 17.7. The van der Waals surface area contributed by atoms with E-state index in [1.165, 1.54) is 23.1 Å². The molecule has 9 heteroatoms. The van der Waals surface area contributed by atoms with Gasteiger partial charge in [-0.05, 0) is 43.2 Å². The first-order chi connectivity index (χ1) is 15.4. The SMILES string of the molecule is CCOc1ccc(CN(CCCn2ccnc2)C(=O)Nc2ccccc2C(F)(F)F)cc1. The van der Waals surface area contributed by atoms with E-state index in [9.17, 15) is 18.0 Å². The maximum Gasteiger partial charge on any atom is 0.418 e. The van der Waals surface area contributed by atoms with Gasteiger partial charge in [-0.15, -0.1) is 0 Å². The van der Waals surface area contributed by atoms with Gasteiger partial charge in [0.2, 0.25) is 0 Å². The third kappa shape index (κ3) is 6.50. The summed E-state index contributed by atoms with van der Waals surface area (Å²) in [6.45, 7) is 3.66. The van der Waals surface area contributed by atoms with E-state index in [0.717, 1.165) is 11.6 Å². The van der Waals surface area contributed by atoms with Gasteiger partial charge in [0.25, 0.3) is 0 Å². The van der Waals surface area contributed by atoms with E-state index in [1.54, 1.807) is 24.7 Å². The van der Waals surface area contributed by atoms with Crippen molar-refractivity contribution in [2.45, 2.75) is 32.6 Å². The zero-order valence-corrected chi connectivity index (χ0v) is 17.7. The molecule has 0 unspecified atom stereocenters. The number of hydrogen-bond acceptors (Lipinski definition) is 3. The van der Waals surface area contributed by atoms with E-state index >= 15 is 0 Å². The number of halogens is 3. The number of nitrogens with one attached hydrogen (secondary N) is 1. The van der Waals surface area contributed by atoms with Gasteiger partial charge in [-0.25, -0.2) is 9.78 Å². The van der Waals surface area contributed by atoms with Crippen LogP contribution in [0.3, 0.4) is 0 Å². The lowest BCUT2D eigenvalue weighted by atomic mass is 10.1. The van der Waals surface area contributed by atoms with Crippen LogP contribution in [0.2, 0.25) is 0 Å². The van der Waals surface area contributed by atoms with Crippen LogP contribution in [0.1, 0.15) is 24.5 Å². The summed E-state index contributed by atoms with van der Waals surface area (Å²) in [7, 11) is 0. The minimum atomic E-state index is -4.56. The Morgan fingerprint density at radius 3 is 2.56 bits per heavy atom. The van der Waals surface area contributed by atoms with Crippen molar-refractivity contribution in [2.24, 2.45) is 0 Å². The van der Waals surface area contributed by atoms with Crippen molar-refractivity contribution in [3.8, 4) is 5.75 Å². The average molecular weight is 446 g/mol. The van der Waals surface area contributed by atoms with Crippen LogP contribution in [0.4, 0.5) is 23.7 Å². The van der Waals surface area contributed by atoms with Crippen molar-refractivity contribution >= 4 is 11.7 Å². The second-order valence-electron chi connectivity index (χ2n) is 7.13. The summed E-state index contributed by atoms with van der Waals surface area (Å²) < 4.78 is 47.3. The lowest BCUT2D eigenvalue weighted by Gasteiger charge is -2.24. The Bertz CT molecular complexity index is 989. The van der Waals surface area contributed by atoms with E-state index in [0.29, 0.717) is 31.9 Å². The number of benzene rings is 2. The monoisotopic (exact) mass is 446 g/mol. The van der Waals surface area contributed by atoms with Crippen LogP contribution in [0.25, 0.3) is 0 Å². The smallest absolute Gasteiger partial charge is 0.418 e. The molecule has 0 fully saturated rings. The molecule has 0 saturated heterocycles. The number of aryl methyl sites for hydroxylation is 1. The molecular formula is C23H25F3N4O2. The maximum atomic E-state index is 13.3. The van der Waals surface area contributed by atoms with Crippen LogP contribution < -0.4 is 10.1 Å². The van der Waals surface area contributed by atoms with E-state index in [2.05, 4.69) is 10.3 Å². The van der Waals surface area contributed by atoms with Crippen molar-refractivity contribution < 1.29 is 22.7 Å². The number of amides is 2.